The van der Waals surface area contributed by atoms with E-state index in [2.05, 4.69) is 0 Å². The number of hydrogen-bond acceptors (Lipinski definition) is 3. The minimum atomic E-state index is -0.444. The average Bonchev–Trinajstić information content (AvgIpc) is 2.53. The first-order valence-corrected chi connectivity index (χ1v) is 8.17. The Morgan fingerprint density at radius 3 is 2.67 bits per heavy atom. The average molecular weight is 292 g/mol. The van der Waals surface area contributed by atoms with Gasteiger partial charge in [-0.05, 0) is 43.4 Å². The highest BCUT2D eigenvalue weighted by molar-refractivity contribution is 5.28. The summed E-state index contributed by atoms with van der Waals surface area (Å²) < 4.78 is 11.1. The monoisotopic (exact) mass is 292 g/mol. The molecule has 118 valence electrons. The fourth-order valence-electron chi connectivity index (χ4n) is 3.37. The van der Waals surface area contributed by atoms with Gasteiger partial charge in [0.15, 0.2) is 0 Å². The van der Waals surface area contributed by atoms with Gasteiger partial charge in [-0.2, -0.15) is 0 Å². The van der Waals surface area contributed by atoms with Crippen LogP contribution in [-0.2, 0) is 11.2 Å². The number of rotatable bonds is 7. The van der Waals surface area contributed by atoms with E-state index < -0.39 is 6.10 Å². The molecule has 0 bridgehead atoms. The van der Waals surface area contributed by atoms with Crippen LogP contribution in [0.4, 0.5) is 0 Å². The summed E-state index contributed by atoms with van der Waals surface area (Å²) in [4.78, 5) is 0. The molecule has 0 aliphatic heterocycles. The summed E-state index contributed by atoms with van der Waals surface area (Å²) in [7, 11) is 1.67. The Labute approximate surface area is 128 Å². The third-order valence-corrected chi connectivity index (χ3v) is 4.43. The Hall–Kier alpha value is -1.06. The molecular formula is C18H28O3. The van der Waals surface area contributed by atoms with E-state index in [1.165, 1.54) is 32.1 Å². The minimum absolute atomic E-state index is 0.0403. The number of methoxy groups -OCH3 is 1. The second kappa shape index (κ2) is 8.40. The molecule has 1 saturated carbocycles. The zero-order valence-corrected chi connectivity index (χ0v) is 13.3. The number of hydrogen-bond donors (Lipinski definition) is 1. The number of aliphatic hydroxyl groups is 1. The van der Waals surface area contributed by atoms with E-state index in [4.69, 9.17) is 9.47 Å². The van der Waals surface area contributed by atoms with E-state index in [0.717, 1.165) is 11.3 Å². The van der Waals surface area contributed by atoms with Crippen LogP contribution in [0.1, 0.15) is 44.6 Å². The third-order valence-electron chi connectivity index (χ3n) is 4.43. The molecule has 21 heavy (non-hydrogen) atoms. The fraction of sp³-hybridized carbons (Fsp3) is 0.667. The Kier molecular flexibility index (Phi) is 6.52. The van der Waals surface area contributed by atoms with Crippen LogP contribution in [-0.4, -0.2) is 31.0 Å². The smallest absolute Gasteiger partial charge is 0.119 e. The summed E-state index contributed by atoms with van der Waals surface area (Å²) >= 11 is 0. The predicted molar refractivity (Wildman–Crippen MR) is 84.7 cm³/mol. The molecular weight excluding hydrogens is 264 g/mol. The first-order chi connectivity index (χ1) is 10.2. The van der Waals surface area contributed by atoms with Gasteiger partial charge in [-0.15, -0.1) is 0 Å². The summed E-state index contributed by atoms with van der Waals surface area (Å²) in [5, 5.41) is 10.6. The second-order valence-corrected chi connectivity index (χ2v) is 5.94. The van der Waals surface area contributed by atoms with Crippen molar-refractivity contribution in [2.75, 3.05) is 13.7 Å². The molecule has 1 aliphatic rings. The van der Waals surface area contributed by atoms with Crippen molar-refractivity contribution in [1.82, 2.24) is 0 Å². The highest BCUT2D eigenvalue weighted by Gasteiger charge is 2.30. The van der Waals surface area contributed by atoms with Crippen molar-refractivity contribution in [1.29, 1.82) is 0 Å². The van der Waals surface area contributed by atoms with Crippen molar-refractivity contribution in [2.24, 2.45) is 5.92 Å². The Bertz CT molecular complexity index is 413. The number of ether oxygens (including phenoxy) is 2. The molecule has 0 heterocycles. The van der Waals surface area contributed by atoms with Crippen molar-refractivity contribution in [2.45, 2.75) is 57.7 Å². The zero-order valence-electron chi connectivity index (χ0n) is 13.3. The van der Waals surface area contributed by atoms with Crippen molar-refractivity contribution in [3.63, 3.8) is 0 Å². The standard InChI is InChI=1S/C18H28O3/c1-3-21-18(15-9-5-4-6-10-15)17(19)13-14-8-7-11-16(12-14)20-2/h7-8,11-12,15,17-19H,3-6,9-10,13H2,1-2H3. The van der Waals surface area contributed by atoms with Gasteiger partial charge in [0.25, 0.3) is 0 Å². The van der Waals surface area contributed by atoms with Gasteiger partial charge >= 0.3 is 0 Å². The van der Waals surface area contributed by atoms with Gasteiger partial charge in [0, 0.05) is 13.0 Å². The molecule has 1 aromatic rings. The fourth-order valence-corrected chi connectivity index (χ4v) is 3.37. The Morgan fingerprint density at radius 1 is 1.24 bits per heavy atom. The SMILES string of the molecule is CCOC(C(O)Cc1cccc(OC)c1)C1CCCCC1. The molecule has 2 atom stereocenters. The van der Waals surface area contributed by atoms with Crippen LogP contribution in [0.25, 0.3) is 0 Å². The van der Waals surface area contributed by atoms with Crippen LogP contribution < -0.4 is 4.74 Å². The highest BCUT2D eigenvalue weighted by Crippen LogP contribution is 2.30. The van der Waals surface area contributed by atoms with Crippen molar-refractivity contribution in [3.8, 4) is 5.75 Å². The van der Waals surface area contributed by atoms with Crippen LogP contribution in [0.15, 0.2) is 24.3 Å². The van der Waals surface area contributed by atoms with Gasteiger partial charge < -0.3 is 14.6 Å². The molecule has 1 fully saturated rings. The van der Waals surface area contributed by atoms with Crippen LogP contribution in [0.5, 0.6) is 5.75 Å². The predicted octanol–water partition coefficient (Wildman–Crippen LogP) is 3.58. The lowest BCUT2D eigenvalue weighted by Gasteiger charge is -2.33. The van der Waals surface area contributed by atoms with E-state index in [1.807, 2.05) is 31.2 Å². The molecule has 1 aliphatic carbocycles. The lowest BCUT2D eigenvalue weighted by Crippen LogP contribution is -2.38. The molecule has 2 unspecified atom stereocenters. The molecule has 1 N–H and O–H groups in total. The zero-order chi connectivity index (χ0) is 15.1. The summed E-state index contributed by atoms with van der Waals surface area (Å²) in [5.74, 6) is 1.34. The summed E-state index contributed by atoms with van der Waals surface area (Å²) in [6.07, 6.45) is 6.35. The van der Waals surface area contributed by atoms with Crippen molar-refractivity contribution < 1.29 is 14.6 Å². The largest absolute Gasteiger partial charge is 0.497 e. The second-order valence-electron chi connectivity index (χ2n) is 5.94. The van der Waals surface area contributed by atoms with Gasteiger partial charge in [0.2, 0.25) is 0 Å². The van der Waals surface area contributed by atoms with Crippen LogP contribution >= 0.6 is 0 Å². The first kappa shape index (κ1) is 16.3. The highest BCUT2D eigenvalue weighted by atomic mass is 16.5. The number of aliphatic hydroxyl groups excluding tert-OH is 1. The Balaban J connectivity index is 2.01. The molecule has 3 heteroatoms. The van der Waals surface area contributed by atoms with Crippen LogP contribution in [0.2, 0.25) is 0 Å². The summed E-state index contributed by atoms with van der Waals surface area (Å²) in [6, 6.07) is 7.93. The number of benzene rings is 1. The van der Waals surface area contributed by atoms with Gasteiger partial charge in [0.05, 0.1) is 19.3 Å². The van der Waals surface area contributed by atoms with Crippen LogP contribution in [0.3, 0.4) is 0 Å². The van der Waals surface area contributed by atoms with Gasteiger partial charge in [-0.3, -0.25) is 0 Å². The summed E-state index contributed by atoms with van der Waals surface area (Å²) in [6.45, 7) is 2.67. The maximum atomic E-state index is 10.6. The lowest BCUT2D eigenvalue weighted by molar-refractivity contribution is -0.0715. The topological polar surface area (TPSA) is 38.7 Å². The minimum Gasteiger partial charge on any atom is -0.497 e. The summed E-state index contributed by atoms with van der Waals surface area (Å²) in [5.41, 5.74) is 1.10. The van der Waals surface area contributed by atoms with E-state index in [0.29, 0.717) is 18.9 Å². The molecule has 0 saturated heterocycles. The third kappa shape index (κ3) is 4.72. The molecule has 0 radical (unpaired) electrons. The molecule has 0 aromatic heterocycles. The van der Waals surface area contributed by atoms with Crippen LogP contribution in [0, 0.1) is 5.92 Å². The van der Waals surface area contributed by atoms with Gasteiger partial charge in [-0.25, -0.2) is 0 Å². The van der Waals surface area contributed by atoms with E-state index in [9.17, 15) is 5.11 Å². The van der Waals surface area contributed by atoms with Crippen molar-refractivity contribution in [3.05, 3.63) is 29.8 Å². The molecule has 2 rings (SSSR count). The van der Waals surface area contributed by atoms with Gasteiger partial charge in [-0.1, -0.05) is 31.4 Å². The van der Waals surface area contributed by atoms with Crippen molar-refractivity contribution >= 4 is 0 Å². The maximum Gasteiger partial charge on any atom is 0.119 e. The lowest BCUT2D eigenvalue weighted by atomic mass is 9.82. The van der Waals surface area contributed by atoms with Gasteiger partial charge in [0.1, 0.15) is 5.75 Å². The maximum absolute atomic E-state index is 10.6. The van der Waals surface area contributed by atoms with E-state index in [1.54, 1.807) is 7.11 Å². The normalized spacial score (nSPS) is 19.2. The molecule has 3 nitrogen and oxygen atoms in total. The Morgan fingerprint density at radius 2 is 2.00 bits per heavy atom. The molecule has 0 spiro atoms. The molecule has 0 amide bonds. The first-order valence-electron chi connectivity index (χ1n) is 8.17. The van der Waals surface area contributed by atoms with E-state index >= 15 is 0 Å². The molecule has 1 aromatic carbocycles. The van der Waals surface area contributed by atoms with E-state index in [-0.39, 0.29) is 6.10 Å². The quantitative estimate of drug-likeness (QED) is 0.835.